The highest BCUT2D eigenvalue weighted by atomic mass is 32.1. The number of nitrogens with zero attached hydrogens (tertiary/aromatic N) is 2. The van der Waals surface area contributed by atoms with E-state index in [0.29, 0.717) is 12.1 Å². The topological polar surface area (TPSA) is 37.4 Å². The number of hydrogen-bond acceptors (Lipinski definition) is 5. The van der Waals surface area contributed by atoms with Gasteiger partial charge in [0.15, 0.2) is 5.13 Å². The summed E-state index contributed by atoms with van der Waals surface area (Å²) in [5.41, 5.74) is 1.38. The number of rotatable bonds is 6. The van der Waals surface area contributed by atoms with Crippen LogP contribution in [0.25, 0.3) is 0 Å². The van der Waals surface area contributed by atoms with Crippen LogP contribution in [0.5, 0.6) is 0 Å². The van der Waals surface area contributed by atoms with E-state index in [1.54, 1.807) is 0 Å². The number of aromatic nitrogens is 1. The van der Waals surface area contributed by atoms with Gasteiger partial charge in [-0.1, -0.05) is 0 Å². The van der Waals surface area contributed by atoms with E-state index >= 15 is 0 Å². The minimum atomic E-state index is 0.316. The largest absolute Gasteiger partial charge is 0.376 e. The monoisotopic (exact) mass is 307 g/mol. The van der Waals surface area contributed by atoms with E-state index in [9.17, 15) is 0 Å². The second-order valence-electron chi connectivity index (χ2n) is 6.78. The number of likely N-dealkylation sites (N-methyl/N-ethyl adjacent to an activating group) is 1. The number of hydrogen-bond donors (Lipinski definition) is 1. The van der Waals surface area contributed by atoms with Crippen molar-refractivity contribution in [2.75, 3.05) is 18.6 Å². The molecule has 1 N–H and O–H groups in total. The summed E-state index contributed by atoms with van der Waals surface area (Å²) in [5.74, 6) is 0.733. The molecule has 4 nitrogen and oxygen atoms in total. The SMILES string of the molecule is CC1OCCC1N(C)c1nc(C2CC2)c(CNC2CC2)s1. The van der Waals surface area contributed by atoms with Crippen molar-refractivity contribution in [3.05, 3.63) is 10.6 Å². The predicted molar refractivity (Wildman–Crippen MR) is 86.2 cm³/mol. The van der Waals surface area contributed by atoms with E-state index in [1.807, 2.05) is 11.3 Å². The normalized spacial score (nSPS) is 29.0. The smallest absolute Gasteiger partial charge is 0.185 e. The Bertz CT molecular complexity index is 510. The zero-order valence-electron chi connectivity index (χ0n) is 13.0. The molecule has 0 bridgehead atoms. The van der Waals surface area contributed by atoms with Gasteiger partial charge in [0.05, 0.1) is 17.8 Å². The summed E-state index contributed by atoms with van der Waals surface area (Å²) in [5, 5.41) is 4.84. The molecule has 2 unspecified atom stereocenters. The number of anilines is 1. The molecule has 0 amide bonds. The van der Waals surface area contributed by atoms with Crippen LogP contribution < -0.4 is 10.2 Å². The molecular weight excluding hydrogens is 282 g/mol. The van der Waals surface area contributed by atoms with Crippen molar-refractivity contribution in [2.24, 2.45) is 0 Å². The molecule has 1 saturated heterocycles. The lowest BCUT2D eigenvalue weighted by Crippen LogP contribution is -2.36. The maximum atomic E-state index is 5.71. The van der Waals surface area contributed by atoms with Gasteiger partial charge in [-0.3, -0.25) is 0 Å². The van der Waals surface area contributed by atoms with E-state index in [1.165, 1.54) is 41.4 Å². The van der Waals surface area contributed by atoms with Crippen molar-refractivity contribution < 1.29 is 4.74 Å². The summed E-state index contributed by atoms with van der Waals surface area (Å²) in [4.78, 5) is 8.82. The highest BCUT2D eigenvalue weighted by molar-refractivity contribution is 7.15. The highest BCUT2D eigenvalue weighted by Gasteiger charge is 2.34. The van der Waals surface area contributed by atoms with Gasteiger partial charge in [0.25, 0.3) is 0 Å². The molecule has 3 fully saturated rings. The second-order valence-corrected chi connectivity index (χ2v) is 7.84. The first-order chi connectivity index (χ1) is 10.2. The molecule has 2 aliphatic carbocycles. The Labute approximate surface area is 130 Å². The molecule has 1 aliphatic heterocycles. The molecule has 116 valence electrons. The third-order valence-corrected chi connectivity index (χ3v) is 6.11. The standard InChI is InChI=1S/C16H25N3OS/c1-10-13(7-8-20-10)19(2)16-18-15(11-3-4-11)14(21-16)9-17-12-5-6-12/h10-13,17H,3-9H2,1-2H3. The Kier molecular flexibility index (Phi) is 3.67. The second kappa shape index (κ2) is 5.52. The minimum Gasteiger partial charge on any atom is -0.376 e. The average molecular weight is 307 g/mol. The molecule has 5 heteroatoms. The van der Waals surface area contributed by atoms with Gasteiger partial charge in [-0.25, -0.2) is 4.98 Å². The molecule has 2 atom stereocenters. The van der Waals surface area contributed by atoms with E-state index in [0.717, 1.165) is 31.5 Å². The van der Waals surface area contributed by atoms with Crippen molar-refractivity contribution in [3.8, 4) is 0 Å². The Morgan fingerprint density at radius 3 is 2.71 bits per heavy atom. The van der Waals surface area contributed by atoms with Crippen molar-refractivity contribution in [1.29, 1.82) is 0 Å². The summed E-state index contributed by atoms with van der Waals surface area (Å²) in [6.07, 6.45) is 6.78. The van der Waals surface area contributed by atoms with Gasteiger partial charge in [-0.05, 0) is 39.0 Å². The lowest BCUT2D eigenvalue weighted by Gasteiger charge is -2.26. The number of nitrogens with one attached hydrogen (secondary N) is 1. The fourth-order valence-electron chi connectivity index (χ4n) is 3.20. The molecule has 21 heavy (non-hydrogen) atoms. The van der Waals surface area contributed by atoms with Crippen LogP contribution in [0.15, 0.2) is 0 Å². The van der Waals surface area contributed by atoms with Crippen molar-refractivity contribution >= 4 is 16.5 Å². The van der Waals surface area contributed by atoms with Crippen LogP contribution in [0, 0.1) is 0 Å². The first-order valence-corrected chi connectivity index (χ1v) is 9.11. The van der Waals surface area contributed by atoms with Crippen LogP contribution in [-0.4, -0.2) is 36.8 Å². The molecule has 1 aromatic rings. The van der Waals surface area contributed by atoms with Crippen LogP contribution in [0.2, 0.25) is 0 Å². The van der Waals surface area contributed by atoms with Crippen LogP contribution in [0.3, 0.4) is 0 Å². The lowest BCUT2D eigenvalue weighted by molar-refractivity contribution is 0.118. The highest BCUT2D eigenvalue weighted by Crippen LogP contribution is 2.44. The number of thiazole rings is 1. The Morgan fingerprint density at radius 1 is 1.29 bits per heavy atom. The summed E-state index contributed by atoms with van der Waals surface area (Å²) >= 11 is 1.89. The van der Waals surface area contributed by atoms with Gasteiger partial charge >= 0.3 is 0 Å². The quantitative estimate of drug-likeness (QED) is 0.877. The molecule has 4 rings (SSSR count). The third kappa shape index (κ3) is 2.96. The Morgan fingerprint density at radius 2 is 2.10 bits per heavy atom. The first-order valence-electron chi connectivity index (χ1n) is 8.30. The van der Waals surface area contributed by atoms with Gasteiger partial charge in [0.2, 0.25) is 0 Å². The third-order valence-electron chi connectivity index (χ3n) is 4.94. The molecule has 2 heterocycles. The van der Waals surface area contributed by atoms with Crippen molar-refractivity contribution in [1.82, 2.24) is 10.3 Å². The molecule has 0 aromatic carbocycles. The van der Waals surface area contributed by atoms with E-state index in [2.05, 4.69) is 24.2 Å². The fourth-order valence-corrected chi connectivity index (χ4v) is 4.32. The molecule has 2 saturated carbocycles. The summed E-state index contributed by atoms with van der Waals surface area (Å²) < 4.78 is 5.71. The van der Waals surface area contributed by atoms with Gasteiger partial charge in [-0.2, -0.15) is 0 Å². The zero-order valence-corrected chi connectivity index (χ0v) is 13.8. The summed E-state index contributed by atoms with van der Waals surface area (Å²) in [6.45, 7) is 4.07. The predicted octanol–water partition coefficient (Wildman–Crippen LogP) is 2.89. The van der Waals surface area contributed by atoms with E-state index in [4.69, 9.17) is 9.72 Å². The van der Waals surface area contributed by atoms with Crippen LogP contribution >= 0.6 is 11.3 Å². The van der Waals surface area contributed by atoms with Crippen molar-refractivity contribution in [3.63, 3.8) is 0 Å². The van der Waals surface area contributed by atoms with E-state index < -0.39 is 0 Å². The molecule has 0 spiro atoms. The zero-order chi connectivity index (χ0) is 14.4. The maximum absolute atomic E-state index is 5.71. The minimum absolute atomic E-state index is 0.316. The van der Waals surface area contributed by atoms with Crippen molar-refractivity contribution in [2.45, 2.75) is 69.7 Å². The summed E-state index contributed by atoms with van der Waals surface area (Å²) in [7, 11) is 2.18. The Balaban J connectivity index is 1.52. The molecule has 1 aromatic heterocycles. The fraction of sp³-hybridized carbons (Fsp3) is 0.812. The van der Waals surface area contributed by atoms with Gasteiger partial charge in [0, 0.05) is 37.0 Å². The molecule has 3 aliphatic rings. The van der Waals surface area contributed by atoms with E-state index in [-0.39, 0.29) is 0 Å². The Hall–Kier alpha value is -0.650. The van der Waals surface area contributed by atoms with Crippen LogP contribution in [0.1, 0.15) is 55.5 Å². The van der Waals surface area contributed by atoms with Gasteiger partial charge in [-0.15, -0.1) is 11.3 Å². The molecular formula is C16H25N3OS. The molecule has 0 radical (unpaired) electrons. The van der Waals surface area contributed by atoms with Crippen LogP contribution in [-0.2, 0) is 11.3 Å². The number of ether oxygens (including phenoxy) is 1. The van der Waals surface area contributed by atoms with Gasteiger partial charge < -0.3 is 15.0 Å². The average Bonchev–Trinajstić information content (AvgIpc) is 3.40. The summed E-state index contributed by atoms with van der Waals surface area (Å²) in [6, 6.07) is 1.25. The lowest BCUT2D eigenvalue weighted by atomic mass is 10.1. The maximum Gasteiger partial charge on any atom is 0.185 e. The first kappa shape index (κ1) is 14.0. The van der Waals surface area contributed by atoms with Gasteiger partial charge in [0.1, 0.15) is 0 Å². The van der Waals surface area contributed by atoms with Crippen LogP contribution in [0.4, 0.5) is 5.13 Å².